The topological polar surface area (TPSA) is 78.9 Å². The first kappa shape index (κ1) is 13.8. The Morgan fingerprint density at radius 1 is 1.37 bits per heavy atom. The number of anilines is 1. The van der Waals surface area contributed by atoms with Crippen LogP contribution in [0.2, 0.25) is 0 Å². The summed E-state index contributed by atoms with van der Waals surface area (Å²) >= 11 is 1.27. The van der Waals surface area contributed by atoms with E-state index in [4.69, 9.17) is 4.84 Å². The summed E-state index contributed by atoms with van der Waals surface area (Å²) in [6, 6.07) is -0.413. The van der Waals surface area contributed by atoms with E-state index in [1.165, 1.54) is 16.4 Å². The van der Waals surface area contributed by atoms with Crippen molar-refractivity contribution < 1.29 is 19.5 Å². The van der Waals surface area contributed by atoms with Gasteiger partial charge in [-0.1, -0.05) is 0 Å². The molecule has 2 amide bonds. The van der Waals surface area contributed by atoms with Crippen LogP contribution in [0.1, 0.15) is 33.6 Å². The standard InChI is InChI=1S/C12H16N2O4S/c1-7-8(2)19-10(9(7)11(15)16)13-12(17)14-5-3-4-6-18-14/h3-6H2,1-2H3,(H,13,17)(H,15,16). The predicted molar refractivity (Wildman–Crippen MR) is 71.7 cm³/mol. The Morgan fingerprint density at radius 3 is 2.68 bits per heavy atom. The monoisotopic (exact) mass is 284 g/mol. The van der Waals surface area contributed by atoms with Crippen LogP contribution < -0.4 is 5.32 Å². The molecule has 1 aliphatic heterocycles. The summed E-state index contributed by atoms with van der Waals surface area (Å²) in [6.07, 6.45) is 1.82. The van der Waals surface area contributed by atoms with Gasteiger partial charge < -0.3 is 5.11 Å². The van der Waals surface area contributed by atoms with Gasteiger partial charge in [-0.25, -0.2) is 14.7 Å². The van der Waals surface area contributed by atoms with E-state index in [0.717, 1.165) is 17.7 Å². The van der Waals surface area contributed by atoms with E-state index in [9.17, 15) is 14.7 Å². The highest BCUT2D eigenvalue weighted by molar-refractivity contribution is 7.16. The summed E-state index contributed by atoms with van der Waals surface area (Å²) in [5, 5.41) is 13.4. The van der Waals surface area contributed by atoms with Gasteiger partial charge in [0.2, 0.25) is 0 Å². The number of amides is 2. The molecule has 2 N–H and O–H groups in total. The van der Waals surface area contributed by atoms with Gasteiger partial charge in [-0.15, -0.1) is 11.3 Å². The number of carboxylic acid groups (broad SMARTS) is 1. The molecule has 1 aliphatic rings. The van der Waals surface area contributed by atoms with Crippen LogP contribution in [0.5, 0.6) is 0 Å². The number of carbonyl (C=O) groups excluding carboxylic acids is 1. The van der Waals surface area contributed by atoms with Crippen molar-refractivity contribution >= 4 is 28.3 Å². The molecular formula is C12H16N2O4S. The Labute approximate surface area is 114 Å². The maximum atomic E-state index is 12.0. The van der Waals surface area contributed by atoms with Gasteiger partial charge in [0, 0.05) is 4.88 Å². The lowest BCUT2D eigenvalue weighted by Gasteiger charge is -2.25. The Bertz CT molecular complexity index is 506. The zero-order chi connectivity index (χ0) is 14.0. The van der Waals surface area contributed by atoms with Crippen molar-refractivity contribution in [2.75, 3.05) is 18.5 Å². The average Bonchev–Trinajstić information content (AvgIpc) is 2.65. The second kappa shape index (κ2) is 5.58. The number of carboxylic acids is 1. The lowest BCUT2D eigenvalue weighted by molar-refractivity contribution is -0.135. The van der Waals surface area contributed by atoms with Crippen LogP contribution in [0.15, 0.2) is 0 Å². The van der Waals surface area contributed by atoms with Crippen LogP contribution in [0.4, 0.5) is 9.80 Å². The average molecular weight is 284 g/mol. The summed E-state index contributed by atoms with van der Waals surface area (Å²) in [6.45, 7) is 4.61. The molecule has 0 unspecified atom stereocenters. The molecule has 2 heterocycles. The molecule has 1 aromatic rings. The largest absolute Gasteiger partial charge is 0.478 e. The molecule has 6 nitrogen and oxygen atoms in total. The molecule has 0 aromatic carbocycles. The molecule has 1 saturated heterocycles. The van der Waals surface area contributed by atoms with Crippen molar-refractivity contribution in [1.82, 2.24) is 5.06 Å². The number of nitrogens with one attached hydrogen (secondary N) is 1. The Kier molecular flexibility index (Phi) is 4.06. The smallest absolute Gasteiger partial charge is 0.346 e. The van der Waals surface area contributed by atoms with Gasteiger partial charge in [0.1, 0.15) is 5.00 Å². The van der Waals surface area contributed by atoms with Gasteiger partial charge >= 0.3 is 12.0 Å². The maximum Gasteiger partial charge on any atom is 0.346 e. The third-order valence-electron chi connectivity index (χ3n) is 3.05. The Hall–Kier alpha value is -1.60. The second-order valence-corrected chi connectivity index (χ2v) is 5.59. The molecule has 0 atom stereocenters. The molecule has 0 radical (unpaired) electrons. The fraction of sp³-hybridized carbons (Fsp3) is 0.500. The van der Waals surface area contributed by atoms with E-state index in [-0.39, 0.29) is 5.56 Å². The second-order valence-electron chi connectivity index (χ2n) is 4.37. The lowest BCUT2D eigenvalue weighted by atomic mass is 10.1. The van der Waals surface area contributed by atoms with Gasteiger partial charge in [-0.05, 0) is 32.3 Å². The predicted octanol–water partition coefficient (Wildman–Crippen LogP) is 2.62. The third-order valence-corrected chi connectivity index (χ3v) is 4.17. The number of hydrogen-bond acceptors (Lipinski definition) is 4. The van der Waals surface area contributed by atoms with Crippen LogP contribution in [-0.2, 0) is 4.84 Å². The minimum atomic E-state index is -1.03. The zero-order valence-electron chi connectivity index (χ0n) is 10.9. The highest BCUT2D eigenvalue weighted by atomic mass is 32.1. The van der Waals surface area contributed by atoms with E-state index in [0.29, 0.717) is 23.7 Å². The van der Waals surface area contributed by atoms with E-state index in [1.54, 1.807) is 6.92 Å². The quantitative estimate of drug-likeness (QED) is 0.875. The van der Waals surface area contributed by atoms with Crippen LogP contribution >= 0.6 is 11.3 Å². The number of thiophene rings is 1. The number of hydrogen-bond donors (Lipinski definition) is 2. The number of hydroxylamine groups is 2. The molecule has 0 spiro atoms. The molecule has 0 saturated carbocycles. The van der Waals surface area contributed by atoms with Gasteiger partial charge in [0.25, 0.3) is 0 Å². The summed E-state index contributed by atoms with van der Waals surface area (Å²) in [5.41, 5.74) is 0.847. The summed E-state index contributed by atoms with van der Waals surface area (Å²) in [5.74, 6) is -1.03. The first-order valence-corrected chi connectivity index (χ1v) is 6.87. The van der Waals surface area contributed by atoms with Crippen LogP contribution in [0, 0.1) is 13.8 Å². The molecule has 104 valence electrons. The van der Waals surface area contributed by atoms with Crippen molar-refractivity contribution in [3.63, 3.8) is 0 Å². The summed E-state index contributed by atoms with van der Waals surface area (Å²) in [7, 11) is 0. The minimum absolute atomic E-state index is 0.160. The fourth-order valence-electron chi connectivity index (χ4n) is 1.89. The number of nitrogens with zero attached hydrogens (tertiary/aromatic N) is 1. The van der Waals surface area contributed by atoms with Crippen LogP contribution in [0.3, 0.4) is 0 Å². The molecule has 1 aromatic heterocycles. The van der Waals surface area contributed by atoms with Crippen molar-refractivity contribution in [2.24, 2.45) is 0 Å². The van der Waals surface area contributed by atoms with Crippen LogP contribution in [-0.4, -0.2) is 35.3 Å². The van der Waals surface area contributed by atoms with Crippen molar-refractivity contribution in [3.05, 3.63) is 16.0 Å². The van der Waals surface area contributed by atoms with Crippen molar-refractivity contribution in [3.8, 4) is 0 Å². The Balaban J connectivity index is 2.16. The van der Waals surface area contributed by atoms with Gasteiger partial charge in [0.15, 0.2) is 0 Å². The summed E-state index contributed by atoms with van der Waals surface area (Å²) < 4.78 is 0. The van der Waals surface area contributed by atoms with E-state index in [2.05, 4.69) is 5.32 Å². The summed E-state index contributed by atoms with van der Waals surface area (Å²) in [4.78, 5) is 29.3. The van der Waals surface area contributed by atoms with Crippen molar-refractivity contribution in [2.45, 2.75) is 26.7 Å². The highest BCUT2D eigenvalue weighted by Gasteiger charge is 2.23. The van der Waals surface area contributed by atoms with Gasteiger partial charge in [-0.2, -0.15) is 0 Å². The number of urea groups is 1. The number of carbonyl (C=O) groups is 2. The van der Waals surface area contributed by atoms with E-state index < -0.39 is 12.0 Å². The molecule has 1 fully saturated rings. The first-order chi connectivity index (χ1) is 9.00. The van der Waals surface area contributed by atoms with E-state index >= 15 is 0 Å². The maximum absolute atomic E-state index is 12.0. The molecule has 7 heteroatoms. The van der Waals surface area contributed by atoms with Crippen LogP contribution in [0.25, 0.3) is 0 Å². The number of aromatic carboxylic acids is 1. The number of aryl methyl sites for hydroxylation is 1. The molecular weight excluding hydrogens is 268 g/mol. The fourth-order valence-corrected chi connectivity index (χ4v) is 2.93. The van der Waals surface area contributed by atoms with Gasteiger partial charge in [0.05, 0.1) is 18.7 Å². The SMILES string of the molecule is Cc1sc(NC(=O)N2CCCCO2)c(C(=O)O)c1C. The van der Waals surface area contributed by atoms with Gasteiger partial charge in [-0.3, -0.25) is 10.2 Å². The Morgan fingerprint density at radius 2 is 2.11 bits per heavy atom. The number of rotatable bonds is 2. The minimum Gasteiger partial charge on any atom is -0.478 e. The molecule has 0 bridgehead atoms. The zero-order valence-corrected chi connectivity index (χ0v) is 11.7. The van der Waals surface area contributed by atoms with E-state index in [1.807, 2.05) is 6.92 Å². The molecule has 19 heavy (non-hydrogen) atoms. The normalized spacial score (nSPS) is 15.4. The third kappa shape index (κ3) is 2.87. The van der Waals surface area contributed by atoms with Crippen molar-refractivity contribution in [1.29, 1.82) is 0 Å². The molecule has 0 aliphatic carbocycles. The first-order valence-electron chi connectivity index (χ1n) is 6.05. The lowest BCUT2D eigenvalue weighted by Crippen LogP contribution is -2.38. The molecule has 2 rings (SSSR count). The highest BCUT2D eigenvalue weighted by Crippen LogP contribution is 2.32.